The van der Waals surface area contributed by atoms with Crippen LogP contribution in [0.5, 0.6) is 0 Å². The van der Waals surface area contributed by atoms with Crippen molar-refractivity contribution in [3.63, 3.8) is 0 Å². The molecule has 0 aliphatic carbocycles. The Labute approximate surface area is 193 Å². The summed E-state index contributed by atoms with van der Waals surface area (Å²) in [6.07, 6.45) is 1.72. The molecule has 5 nitrogen and oxygen atoms in total. The number of benzene rings is 3. The second-order valence-electron chi connectivity index (χ2n) is 8.42. The predicted molar refractivity (Wildman–Crippen MR) is 129 cm³/mol. The number of nitrogens with zero attached hydrogens (tertiary/aromatic N) is 1. The Hall–Kier alpha value is -3.67. The van der Waals surface area contributed by atoms with Crippen LogP contribution in [0.3, 0.4) is 0 Å². The van der Waals surface area contributed by atoms with Crippen molar-refractivity contribution in [1.82, 2.24) is 5.32 Å². The van der Waals surface area contributed by atoms with Gasteiger partial charge in [-0.05, 0) is 67.3 Å². The molecule has 3 aromatic carbocycles. The van der Waals surface area contributed by atoms with E-state index in [1.54, 1.807) is 18.2 Å². The fraction of sp³-hybridized carbons (Fsp3) is 0.259. The van der Waals surface area contributed by atoms with Gasteiger partial charge in [-0.2, -0.15) is 0 Å². The van der Waals surface area contributed by atoms with Gasteiger partial charge in [0.2, 0.25) is 0 Å². The minimum absolute atomic E-state index is 0.0259. The van der Waals surface area contributed by atoms with E-state index in [-0.39, 0.29) is 17.5 Å². The van der Waals surface area contributed by atoms with Gasteiger partial charge in [-0.25, -0.2) is 4.39 Å². The van der Waals surface area contributed by atoms with E-state index < -0.39 is 11.7 Å². The molecule has 0 fully saturated rings. The molecular formula is C27H28FN3O2. The number of rotatable bonds is 6. The number of hydrogen-bond donors (Lipinski definition) is 2. The summed E-state index contributed by atoms with van der Waals surface area (Å²) in [5.41, 5.74) is 4.62. The van der Waals surface area contributed by atoms with Gasteiger partial charge in [-0.3, -0.25) is 9.59 Å². The third kappa shape index (κ3) is 5.22. The molecule has 170 valence electrons. The Morgan fingerprint density at radius 2 is 1.79 bits per heavy atom. The van der Waals surface area contributed by atoms with Crippen LogP contribution in [0.15, 0.2) is 66.7 Å². The second-order valence-corrected chi connectivity index (χ2v) is 8.42. The van der Waals surface area contributed by atoms with Crippen molar-refractivity contribution in [3.8, 4) is 0 Å². The first-order valence-electron chi connectivity index (χ1n) is 11.3. The Morgan fingerprint density at radius 1 is 1.00 bits per heavy atom. The molecule has 2 N–H and O–H groups in total. The molecule has 0 spiro atoms. The summed E-state index contributed by atoms with van der Waals surface area (Å²) in [6.45, 7) is 5.50. The molecular weight excluding hydrogens is 417 g/mol. The van der Waals surface area contributed by atoms with E-state index in [1.807, 2.05) is 26.0 Å². The first-order chi connectivity index (χ1) is 15.9. The highest BCUT2D eigenvalue weighted by molar-refractivity contribution is 6.06. The first kappa shape index (κ1) is 22.5. The SMILES string of the molecule is CCC(C)NC(=O)c1cc(NC(=O)c2cccc(F)c2)ccc1N1CCc2ccccc2C1. The van der Waals surface area contributed by atoms with Gasteiger partial charge in [0.15, 0.2) is 0 Å². The van der Waals surface area contributed by atoms with E-state index in [4.69, 9.17) is 0 Å². The summed E-state index contributed by atoms with van der Waals surface area (Å²) in [7, 11) is 0. The summed E-state index contributed by atoms with van der Waals surface area (Å²) in [4.78, 5) is 28.0. The number of carbonyl (C=O) groups excluding carboxylic acids is 2. The number of halogens is 1. The Kier molecular flexibility index (Phi) is 6.73. The number of fused-ring (bicyclic) bond motifs is 1. The van der Waals surface area contributed by atoms with Crippen LogP contribution in [0, 0.1) is 5.82 Å². The highest BCUT2D eigenvalue weighted by atomic mass is 19.1. The van der Waals surface area contributed by atoms with Gasteiger partial charge >= 0.3 is 0 Å². The van der Waals surface area contributed by atoms with Crippen LogP contribution < -0.4 is 15.5 Å². The van der Waals surface area contributed by atoms with Crippen LogP contribution >= 0.6 is 0 Å². The summed E-state index contributed by atoms with van der Waals surface area (Å²) in [6, 6.07) is 19.3. The van der Waals surface area contributed by atoms with Crippen molar-refractivity contribution in [2.45, 2.75) is 39.3 Å². The van der Waals surface area contributed by atoms with Crippen molar-refractivity contribution < 1.29 is 14.0 Å². The van der Waals surface area contributed by atoms with Gasteiger partial charge in [0.1, 0.15) is 5.82 Å². The lowest BCUT2D eigenvalue weighted by atomic mass is 9.98. The molecule has 6 heteroatoms. The van der Waals surface area contributed by atoms with Gasteiger partial charge in [0.05, 0.1) is 5.56 Å². The minimum Gasteiger partial charge on any atom is -0.366 e. The third-order valence-corrected chi connectivity index (χ3v) is 6.05. The smallest absolute Gasteiger partial charge is 0.255 e. The highest BCUT2D eigenvalue weighted by Crippen LogP contribution is 2.30. The number of carbonyl (C=O) groups is 2. The molecule has 1 atom stereocenters. The van der Waals surface area contributed by atoms with Gasteiger partial charge < -0.3 is 15.5 Å². The number of anilines is 2. The van der Waals surface area contributed by atoms with Crippen LogP contribution in [0.25, 0.3) is 0 Å². The van der Waals surface area contributed by atoms with Crippen LogP contribution in [0.1, 0.15) is 52.1 Å². The molecule has 1 heterocycles. The summed E-state index contributed by atoms with van der Waals surface area (Å²) in [5.74, 6) is -1.08. The minimum atomic E-state index is -0.475. The lowest BCUT2D eigenvalue weighted by molar-refractivity contribution is 0.0938. The van der Waals surface area contributed by atoms with Crippen LogP contribution in [-0.2, 0) is 13.0 Å². The quantitative estimate of drug-likeness (QED) is 0.550. The largest absolute Gasteiger partial charge is 0.366 e. The fourth-order valence-electron chi connectivity index (χ4n) is 4.01. The Bertz CT molecular complexity index is 1180. The average Bonchev–Trinajstić information content (AvgIpc) is 2.83. The molecule has 0 bridgehead atoms. The molecule has 2 amide bonds. The van der Waals surface area contributed by atoms with E-state index in [9.17, 15) is 14.0 Å². The molecule has 1 aliphatic heterocycles. The molecule has 1 unspecified atom stereocenters. The van der Waals surface area contributed by atoms with Gasteiger partial charge in [-0.15, -0.1) is 0 Å². The van der Waals surface area contributed by atoms with Crippen molar-refractivity contribution in [3.05, 3.63) is 94.8 Å². The van der Waals surface area contributed by atoms with Crippen LogP contribution in [0.4, 0.5) is 15.8 Å². The Morgan fingerprint density at radius 3 is 2.55 bits per heavy atom. The standard InChI is InChI=1S/C27H28FN3O2/c1-3-18(2)29-27(33)24-16-23(30-26(32)20-9-6-10-22(28)15-20)11-12-25(24)31-14-13-19-7-4-5-8-21(19)17-31/h4-12,15-16,18H,3,13-14,17H2,1-2H3,(H,29,33)(H,30,32). The van der Waals surface area contributed by atoms with Crippen LogP contribution in [-0.4, -0.2) is 24.4 Å². The maximum atomic E-state index is 13.5. The molecule has 3 aromatic rings. The first-order valence-corrected chi connectivity index (χ1v) is 11.3. The zero-order valence-electron chi connectivity index (χ0n) is 18.9. The van der Waals surface area contributed by atoms with Crippen LogP contribution in [0.2, 0.25) is 0 Å². The van der Waals surface area contributed by atoms with E-state index >= 15 is 0 Å². The molecule has 4 rings (SSSR count). The van der Waals surface area contributed by atoms with Gasteiger partial charge in [0, 0.05) is 36.1 Å². The third-order valence-electron chi connectivity index (χ3n) is 6.05. The normalized spacial score (nSPS) is 13.7. The molecule has 0 saturated carbocycles. The molecule has 33 heavy (non-hydrogen) atoms. The zero-order valence-corrected chi connectivity index (χ0v) is 18.9. The van der Waals surface area contributed by atoms with Crippen molar-refractivity contribution in [1.29, 1.82) is 0 Å². The number of amides is 2. The molecule has 1 aliphatic rings. The maximum Gasteiger partial charge on any atom is 0.255 e. The predicted octanol–water partition coefficient (Wildman–Crippen LogP) is 5.17. The van der Waals surface area contributed by atoms with E-state index in [1.165, 1.54) is 29.3 Å². The fourth-order valence-corrected chi connectivity index (χ4v) is 4.01. The average molecular weight is 446 g/mol. The van der Waals surface area contributed by atoms with Gasteiger partial charge in [0.25, 0.3) is 11.8 Å². The molecule has 0 saturated heterocycles. The summed E-state index contributed by atoms with van der Waals surface area (Å²) >= 11 is 0. The van der Waals surface area contributed by atoms with Crippen molar-refractivity contribution in [2.24, 2.45) is 0 Å². The molecule has 0 radical (unpaired) electrons. The zero-order chi connectivity index (χ0) is 23.4. The monoisotopic (exact) mass is 445 g/mol. The summed E-state index contributed by atoms with van der Waals surface area (Å²) in [5, 5.41) is 5.83. The maximum absolute atomic E-state index is 13.5. The number of hydrogen-bond acceptors (Lipinski definition) is 3. The lowest BCUT2D eigenvalue weighted by Crippen LogP contribution is -2.35. The van der Waals surface area contributed by atoms with Crippen molar-refractivity contribution >= 4 is 23.2 Å². The second kappa shape index (κ2) is 9.86. The van der Waals surface area contributed by atoms with E-state index in [2.05, 4.69) is 33.7 Å². The lowest BCUT2D eigenvalue weighted by Gasteiger charge is -2.32. The molecule has 0 aromatic heterocycles. The Balaban J connectivity index is 1.64. The number of nitrogens with one attached hydrogen (secondary N) is 2. The van der Waals surface area contributed by atoms with Crippen molar-refractivity contribution in [2.75, 3.05) is 16.8 Å². The topological polar surface area (TPSA) is 61.4 Å². The van der Waals surface area contributed by atoms with E-state index in [0.717, 1.165) is 31.6 Å². The summed E-state index contributed by atoms with van der Waals surface area (Å²) < 4.78 is 13.5. The highest BCUT2D eigenvalue weighted by Gasteiger charge is 2.22. The van der Waals surface area contributed by atoms with E-state index in [0.29, 0.717) is 11.3 Å². The van der Waals surface area contributed by atoms with Gasteiger partial charge in [-0.1, -0.05) is 37.3 Å².